The van der Waals surface area contributed by atoms with Crippen LogP contribution in [0.25, 0.3) is 0 Å². The number of hydrogen-bond donors (Lipinski definition) is 0. The summed E-state index contributed by atoms with van der Waals surface area (Å²) in [6.07, 6.45) is 5.29. The van der Waals surface area contributed by atoms with Gasteiger partial charge >= 0.3 is 11.9 Å². The van der Waals surface area contributed by atoms with Gasteiger partial charge < -0.3 is 14.4 Å². The SMILES string of the molecule is COC(=O)C(C(=O)OC)=C(C)C=CC=C(C)N(C)C. The molecule has 0 rings (SSSR count). The van der Waals surface area contributed by atoms with Gasteiger partial charge in [0.15, 0.2) is 0 Å². The predicted molar refractivity (Wildman–Crippen MR) is 73.3 cm³/mol. The highest BCUT2D eigenvalue weighted by molar-refractivity contribution is 6.15. The number of nitrogens with zero attached hydrogens (tertiary/aromatic N) is 1. The molecule has 19 heavy (non-hydrogen) atoms. The first-order valence-electron chi connectivity index (χ1n) is 5.75. The molecule has 5 nitrogen and oxygen atoms in total. The summed E-state index contributed by atoms with van der Waals surface area (Å²) in [7, 11) is 6.30. The molecular formula is C14H21NO4. The van der Waals surface area contributed by atoms with Crippen LogP contribution >= 0.6 is 0 Å². The van der Waals surface area contributed by atoms with Crippen molar-refractivity contribution in [1.29, 1.82) is 0 Å². The van der Waals surface area contributed by atoms with Crippen molar-refractivity contribution in [3.8, 4) is 0 Å². The van der Waals surface area contributed by atoms with Gasteiger partial charge in [-0.15, -0.1) is 0 Å². The van der Waals surface area contributed by atoms with Gasteiger partial charge in [0.2, 0.25) is 0 Å². The van der Waals surface area contributed by atoms with Crippen molar-refractivity contribution in [1.82, 2.24) is 4.90 Å². The van der Waals surface area contributed by atoms with Crippen LogP contribution in [0.15, 0.2) is 35.1 Å². The number of methoxy groups -OCH3 is 2. The zero-order valence-corrected chi connectivity index (χ0v) is 12.3. The number of carbonyl (C=O) groups excluding carboxylic acids is 2. The molecule has 0 saturated carbocycles. The van der Waals surface area contributed by atoms with Gasteiger partial charge in [-0.1, -0.05) is 12.2 Å². The Bertz CT molecular complexity index is 413. The molecule has 0 fully saturated rings. The van der Waals surface area contributed by atoms with Crippen molar-refractivity contribution in [2.45, 2.75) is 13.8 Å². The lowest BCUT2D eigenvalue weighted by Crippen LogP contribution is -2.17. The second-order valence-electron chi connectivity index (χ2n) is 4.10. The quantitative estimate of drug-likeness (QED) is 0.249. The van der Waals surface area contributed by atoms with Gasteiger partial charge in [0.05, 0.1) is 14.2 Å². The van der Waals surface area contributed by atoms with E-state index in [-0.39, 0.29) is 5.57 Å². The molecule has 0 aromatic heterocycles. The van der Waals surface area contributed by atoms with E-state index in [1.807, 2.05) is 32.0 Å². The molecule has 0 atom stereocenters. The number of rotatable bonds is 5. The minimum Gasteiger partial charge on any atom is -0.465 e. The topological polar surface area (TPSA) is 55.8 Å². The average Bonchev–Trinajstić information content (AvgIpc) is 2.37. The Hall–Kier alpha value is -2.04. The zero-order chi connectivity index (χ0) is 15.0. The van der Waals surface area contributed by atoms with E-state index in [2.05, 4.69) is 9.47 Å². The van der Waals surface area contributed by atoms with Crippen molar-refractivity contribution in [2.75, 3.05) is 28.3 Å². The van der Waals surface area contributed by atoms with Crippen molar-refractivity contribution in [3.63, 3.8) is 0 Å². The van der Waals surface area contributed by atoms with Crippen molar-refractivity contribution >= 4 is 11.9 Å². The van der Waals surface area contributed by atoms with Gasteiger partial charge in [0.25, 0.3) is 0 Å². The third kappa shape index (κ3) is 5.42. The lowest BCUT2D eigenvalue weighted by molar-refractivity contribution is -0.144. The van der Waals surface area contributed by atoms with E-state index < -0.39 is 11.9 Å². The first-order chi connectivity index (χ1) is 8.84. The number of hydrogen-bond acceptors (Lipinski definition) is 5. The fourth-order valence-electron chi connectivity index (χ4n) is 1.17. The van der Waals surface area contributed by atoms with Crippen LogP contribution in [-0.2, 0) is 19.1 Å². The molecule has 106 valence electrons. The second-order valence-corrected chi connectivity index (χ2v) is 4.10. The number of ether oxygens (including phenoxy) is 2. The van der Waals surface area contributed by atoms with E-state index in [0.29, 0.717) is 5.57 Å². The summed E-state index contributed by atoms with van der Waals surface area (Å²) in [6.45, 7) is 3.60. The van der Waals surface area contributed by atoms with Crippen molar-refractivity contribution in [3.05, 3.63) is 35.1 Å². The summed E-state index contributed by atoms with van der Waals surface area (Å²) < 4.78 is 9.13. The fourth-order valence-corrected chi connectivity index (χ4v) is 1.17. The number of esters is 2. The zero-order valence-electron chi connectivity index (χ0n) is 12.3. The third-order valence-corrected chi connectivity index (χ3v) is 2.56. The first-order valence-corrected chi connectivity index (χ1v) is 5.75. The molecule has 0 aromatic carbocycles. The van der Waals surface area contributed by atoms with Crippen LogP contribution < -0.4 is 0 Å². The summed E-state index contributed by atoms with van der Waals surface area (Å²) in [6, 6.07) is 0. The molecule has 0 heterocycles. The molecule has 0 aliphatic carbocycles. The molecule has 5 heteroatoms. The molecule has 0 saturated heterocycles. The first kappa shape index (κ1) is 17.0. The minimum atomic E-state index is -0.706. The molecule has 0 aliphatic heterocycles. The van der Waals surface area contributed by atoms with Gasteiger partial charge in [-0.3, -0.25) is 0 Å². The molecule has 0 spiro atoms. The second kappa shape index (κ2) is 8.13. The Morgan fingerprint density at radius 3 is 1.84 bits per heavy atom. The number of carbonyl (C=O) groups is 2. The normalized spacial score (nSPS) is 11.2. The maximum Gasteiger partial charge on any atom is 0.345 e. The van der Waals surface area contributed by atoms with E-state index in [0.717, 1.165) is 5.70 Å². The molecule has 0 aliphatic rings. The molecule has 0 radical (unpaired) electrons. The van der Waals surface area contributed by atoms with Crippen LogP contribution in [0.4, 0.5) is 0 Å². The molecular weight excluding hydrogens is 246 g/mol. The summed E-state index contributed by atoms with van der Waals surface area (Å²) in [5.41, 5.74) is 1.43. The highest BCUT2D eigenvalue weighted by Gasteiger charge is 2.21. The Labute approximate surface area is 114 Å². The lowest BCUT2D eigenvalue weighted by Gasteiger charge is -2.11. The molecule has 0 unspecified atom stereocenters. The molecule has 0 bridgehead atoms. The summed E-state index contributed by atoms with van der Waals surface area (Å²) in [5.74, 6) is -1.41. The summed E-state index contributed by atoms with van der Waals surface area (Å²) in [5, 5.41) is 0. The van der Waals surface area contributed by atoms with Gasteiger partial charge in [0.1, 0.15) is 5.57 Å². The Morgan fingerprint density at radius 1 is 1.00 bits per heavy atom. The Balaban J connectivity index is 5.27. The van der Waals surface area contributed by atoms with E-state index in [1.165, 1.54) is 14.2 Å². The van der Waals surface area contributed by atoms with E-state index in [4.69, 9.17) is 0 Å². The standard InChI is InChI=1S/C14H21NO4/c1-10(8-7-9-11(2)15(3)4)12(13(16)18-5)14(17)19-6/h7-9H,1-6H3. The van der Waals surface area contributed by atoms with Crippen molar-refractivity contribution in [2.24, 2.45) is 0 Å². The highest BCUT2D eigenvalue weighted by atomic mass is 16.5. The summed E-state index contributed by atoms with van der Waals surface area (Å²) >= 11 is 0. The van der Waals surface area contributed by atoms with Gasteiger partial charge in [0, 0.05) is 19.8 Å². The lowest BCUT2D eigenvalue weighted by atomic mass is 10.1. The smallest absolute Gasteiger partial charge is 0.345 e. The van der Waals surface area contributed by atoms with Crippen LogP contribution in [0.1, 0.15) is 13.8 Å². The Morgan fingerprint density at radius 2 is 1.47 bits per heavy atom. The van der Waals surface area contributed by atoms with E-state index in [1.54, 1.807) is 19.1 Å². The van der Waals surface area contributed by atoms with Gasteiger partial charge in [-0.2, -0.15) is 0 Å². The molecule has 0 aromatic rings. The minimum absolute atomic E-state index is 0.0999. The van der Waals surface area contributed by atoms with Crippen LogP contribution in [-0.4, -0.2) is 45.2 Å². The van der Waals surface area contributed by atoms with Crippen LogP contribution in [0.5, 0.6) is 0 Å². The van der Waals surface area contributed by atoms with Crippen molar-refractivity contribution < 1.29 is 19.1 Å². The monoisotopic (exact) mass is 267 g/mol. The Kier molecular flexibility index (Phi) is 7.26. The fraction of sp³-hybridized carbons (Fsp3) is 0.429. The van der Waals surface area contributed by atoms with Gasteiger partial charge in [-0.05, 0) is 25.5 Å². The van der Waals surface area contributed by atoms with Crippen LogP contribution in [0, 0.1) is 0 Å². The largest absolute Gasteiger partial charge is 0.465 e. The third-order valence-electron chi connectivity index (χ3n) is 2.56. The summed E-state index contributed by atoms with van der Waals surface area (Å²) in [4.78, 5) is 25.0. The van der Waals surface area contributed by atoms with Crippen LogP contribution in [0.3, 0.4) is 0 Å². The molecule has 0 amide bonds. The molecule has 0 N–H and O–H groups in total. The van der Waals surface area contributed by atoms with E-state index >= 15 is 0 Å². The highest BCUT2D eigenvalue weighted by Crippen LogP contribution is 2.10. The maximum atomic E-state index is 11.5. The van der Waals surface area contributed by atoms with Gasteiger partial charge in [-0.25, -0.2) is 9.59 Å². The maximum absolute atomic E-state index is 11.5. The van der Waals surface area contributed by atoms with E-state index in [9.17, 15) is 9.59 Å². The van der Waals surface area contributed by atoms with Crippen LogP contribution in [0.2, 0.25) is 0 Å². The predicted octanol–water partition coefficient (Wildman–Crippen LogP) is 1.67. The number of allylic oxidation sites excluding steroid dienone is 5. The average molecular weight is 267 g/mol.